The number of benzene rings is 1. The summed E-state index contributed by atoms with van der Waals surface area (Å²) in [5.74, 6) is 0.820. The lowest BCUT2D eigenvalue weighted by molar-refractivity contribution is 0.362. The fourth-order valence-electron chi connectivity index (χ4n) is 3.19. The van der Waals surface area contributed by atoms with Crippen molar-refractivity contribution in [2.24, 2.45) is 11.7 Å². The summed E-state index contributed by atoms with van der Waals surface area (Å²) in [6.07, 6.45) is 7.80. The minimum Gasteiger partial charge on any atom is -0.373 e. The van der Waals surface area contributed by atoms with Crippen molar-refractivity contribution in [3.63, 3.8) is 0 Å². The van der Waals surface area contributed by atoms with Crippen LogP contribution in [0.1, 0.15) is 37.7 Å². The number of hydrogen-bond acceptors (Lipinski definition) is 2. The van der Waals surface area contributed by atoms with E-state index in [1.807, 2.05) is 12.1 Å². The van der Waals surface area contributed by atoms with Gasteiger partial charge in [0, 0.05) is 13.6 Å². The van der Waals surface area contributed by atoms with Gasteiger partial charge in [-0.05, 0) is 43.4 Å². The Morgan fingerprint density at radius 3 is 2.68 bits per heavy atom. The zero-order valence-electron chi connectivity index (χ0n) is 11.9. The Hall–Kier alpha value is -0.730. The predicted octanol–water partition coefficient (Wildman–Crippen LogP) is 3.86. The molecule has 1 aliphatic rings. The monoisotopic (exact) mass is 280 g/mol. The van der Waals surface area contributed by atoms with Crippen LogP contribution < -0.4 is 10.6 Å². The number of nitrogens with zero attached hydrogens (tertiary/aromatic N) is 1. The lowest BCUT2D eigenvalue weighted by atomic mass is 9.89. The molecule has 0 amide bonds. The van der Waals surface area contributed by atoms with E-state index >= 15 is 0 Å². The van der Waals surface area contributed by atoms with Gasteiger partial charge in [-0.2, -0.15) is 0 Å². The van der Waals surface area contributed by atoms with E-state index in [0.29, 0.717) is 6.54 Å². The summed E-state index contributed by atoms with van der Waals surface area (Å²) >= 11 is 6.40. The second-order valence-corrected chi connectivity index (χ2v) is 6.08. The molecule has 2 N–H and O–H groups in total. The first-order chi connectivity index (χ1) is 9.22. The van der Waals surface area contributed by atoms with E-state index < -0.39 is 0 Å². The zero-order chi connectivity index (χ0) is 13.7. The van der Waals surface area contributed by atoms with Crippen LogP contribution >= 0.6 is 11.6 Å². The maximum atomic E-state index is 6.40. The van der Waals surface area contributed by atoms with Gasteiger partial charge in [0.25, 0.3) is 0 Å². The molecule has 1 aliphatic carbocycles. The molecular weight excluding hydrogens is 256 g/mol. The van der Waals surface area contributed by atoms with E-state index in [1.54, 1.807) is 0 Å². The molecule has 2 rings (SSSR count). The van der Waals surface area contributed by atoms with E-state index in [1.165, 1.54) is 43.4 Å². The summed E-state index contributed by atoms with van der Waals surface area (Å²) in [4.78, 5) is 2.34. The maximum absolute atomic E-state index is 6.40. The van der Waals surface area contributed by atoms with Gasteiger partial charge in [0.15, 0.2) is 0 Å². The molecule has 1 aromatic carbocycles. The summed E-state index contributed by atoms with van der Waals surface area (Å²) < 4.78 is 0. The van der Waals surface area contributed by atoms with Crippen molar-refractivity contribution in [3.05, 3.63) is 28.8 Å². The Kier molecular flexibility index (Phi) is 5.53. The Morgan fingerprint density at radius 1 is 1.26 bits per heavy atom. The van der Waals surface area contributed by atoms with Crippen LogP contribution in [0.3, 0.4) is 0 Å². The smallest absolute Gasteiger partial charge is 0.0642 e. The van der Waals surface area contributed by atoms with Crippen molar-refractivity contribution >= 4 is 17.3 Å². The highest BCUT2D eigenvalue weighted by Crippen LogP contribution is 2.32. The summed E-state index contributed by atoms with van der Waals surface area (Å²) in [6, 6.07) is 6.14. The van der Waals surface area contributed by atoms with Gasteiger partial charge >= 0.3 is 0 Å². The Morgan fingerprint density at radius 2 is 2.00 bits per heavy atom. The number of anilines is 1. The molecule has 0 saturated heterocycles. The molecule has 0 radical (unpaired) electrons. The zero-order valence-corrected chi connectivity index (χ0v) is 12.6. The summed E-state index contributed by atoms with van der Waals surface area (Å²) in [7, 11) is 2.16. The molecular formula is C16H25ClN2. The molecule has 0 spiro atoms. The van der Waals surface area contributed by atoms with Crippen molar-refractivity contribution in [3.8, 4) is 0 Å². The van der Waals surface area contributed by atoms with Crippen LogP contribution in [0.2, 0.25) is 5.02 Å². The Balaban J connectivity index is 2.10. The number of rotatable bonds is 5. The number of hydrogen-bond donors (Lipinski definition) is 1. The van der Waals surface area contributed by atoms with E-state index in [9.17, 15) is 0 Å². The summed E-state index contributed by atoms with van der Waals surface area (Å²) in [5, 5.41) is 0.851. The minimum atomic E-state index is 0.671. The highest BCUT2D eigenvalue weighted by molar-refractivity contribution is 6.33. The molecule has 0 aliphatic heterocycles. The van der Waals surface area contributed by atoms with Crippen molar-refractivity contribution in [1.82, 2.24) is 0 Å². The van der Waals surface area contributed by atoms with Gasteiger partial charge < -0.3 is 10.6 Å². The summed E-state index contributed by atoms with van der Waals surface area (Å²) in [6.45, 7) is 1.78. The second-order valence-electron chi connectivity index (χ2n) is 5.67. The highest BCUT2D eigenvalue weighted by atomic mass is 35.5. The van der Waals surface area contributed by atoms with Crippen LogP contribution in [0.4, 0.5) is 5.69 Å². The predicted molar refractivity (Wildman–Crippen MR) is 84.1 cm³/mol. The molecule has 1 saturated carbocycles. The average Bonchev–Trinajstić information content (AvgIpc) is 2.40. The van der Waals surface area contributed by atoms with Crippen LogP contribution in [-0.2, 0) is 6.42 Å². The average molecular weight is 281 g/mol. The summed E-state index contributed by atoms with van der Waals surface area (Å²) in [5.41, 5.74) is 8.15. The van der Waals surface area contributed by atoms with Gasteiger partial charge in [-0.25, -0.2) is 0 Å². The Bertz CT molecular complexity index is 400. The number of para-hydroxylation sites is 1. The number of nitrogens with two attached hydrogens (primary N) is 1. The van der Waals surface area contributed by atoms with E-state index in [0.717, 1.165) is 23.9 Å². The molecule has 1 aromatic rings. The number of halogens is 1. The quantitative estimate of drug-likeness (QED) is 0.887. The first-order valence-electron chi connectivity index (χ1n) is 7.41. The molecule has 0 bridgehead atoms. The van der Waals surface area contributed by atoms with Crippen molar-refractivity contribution in [2.45, 2.75) is 38.5 Å². The normalized spacial score (nSPS) is 16.6. The molecule has 0 heterocycles. The van der Waals surface area contributed by atoms with Gasteiger partial charge in [-0.1, -0.05) is 43.0 Å². The van der Waals surface area contributed by atoms with Gasteiger partial charge in [-0.3, -0.25) is 0 Å². The Labute approximate surface area is 121 Å². The fraction of sp³-hybridized carbons (Fsp3) is 0.625. The van der Waals surface area contributed by atoms with E-state index in [2.05, 4.69) is 18.0 Å². The molecule has 106 valence electrons. The van der Waals surface area contributed by atoms with Gasteiger partial charge in [-0.15, -0.1) is 0 Å². The lowest BCUT2D eigenvalue weighted by Crippen LogP contribution is -2.28. The maximum Gasteiger partial charge on any atom is 0.0642 e. The van der Waals surface area contributed by atoms with Crippen molar-refractivity contribution in [1.29, 1.82) is 0 Å². The molecule has 0 aromatic heterocycles. The standard InChI is InChI=1S/C16H25ClN2/c1-19(12-13-6-3-2-4-7-13)16-14(10-11-18)8-5-9-15(16)17/h5,8-9,13H,2-4,6-7,10-12,18H2,1H3. The third-order valence-electron chi connectivity index (χ3n) is 4.12. The van der Waals surface area contributed by atoms with Crippen LogP contribution in [0.15, 0.2) is 18.2 Å². The van der Waals surface area contributed by atoms with E-state index in [-0.39, 0.29) is 0 Å². The molecule has 0 atom stereocenters. The lowest BCUT2D eigenvalue weighted by Gasteiger charge is -2.30. The second kappa shape index (κ2) is 7.16. The molecule has 2 nitrogen and oxygen atoms in total. The first kappa shape index (κ1) is 14.7. The van der Waals surface area contributed by atoms with Crippen LogP contribution in [0.5, 0.6) is 0 Å². The van der Waals surface area contributed by atoms with Crippen molar-refractivity contribution < 1.29 is 0 Å². The minimum absolute atomic E-state index is 0.671. The fourth-order valence-corrected chi connectivity index (χ4v) is 3.53. The van der Waals surface area contributed by atoms with Crippen LogP contribution in [-0.4, -0.2) is 20.1 Å². The first-order valence-corrected chi connectivity index (χ1v) is 7.78. The van der Waals surface area contributed by atoms with E-state index in [4.69, 9.17) is 17.3 Å². The third-order valence-corrected chi connectivity index (χ3v) is 4.43. The molecule has 3 heteroatoms. The van der Waals surface area contributed by atoms with Gasteiger partial charge in [0.1, 0.15) is 0 Å². The molecule has 0 unspecified atom stereocenters. The van der Waals surface area contributed by atoms with Crippen molar-refractivity contribution in [2.75, 3.05) is 25.0 Å². The SMILES string of the molecule is CN(CC1CCCCC1)c1c(Cl)cccc1CCN. The molecule has 1 fully saturated rings. The molecule has 19 heavy (non-hydrogen) atoms. The highest BCUT2D eigenvalue weighted by Gasteiger charge is 2.18. The largest absolute Gasteiger partial charge is 0.373 e. The third kappa shape index (κ3) is 3.87. The topological polar surface area (TPSA) is 29.3 Å². The van der Waals surface area contributed by atoms with Gasteiger partial charge in [0.05, 0.1) is 10.7 Å². The van der Waals surface area contributed by atoms with Gasteiger partial charge in [0.2, 0.25) is 0 Å². The van der Waals surface area contributed by atoms with Crippen LogP contribution in [0.25, 0.3) is 0 Å². The van der Waals surface area contributed by atoms with Crippen LogP contribution in [0, 0.1) is 5.92 Å².